The van der Waals surface area contributed by atoms with Crippen molar-refractivity contribution in [3.8, 4) is 0 Å². The van der Waals surface area contributed by atoms with Crippen molar-refractivity contribution in [1.29, 1.82) is 0 Å². The zero-order valence-electron chi connectivity index (χ0n) is 29.5. The molecule has 6 rings (SSSR count). The van der Waals surface area contributed by atoms with Crippen molar-refractivity contribution < 1.29 is 42.2 Å². The Kier molecular flexibility index (Phi) is 12.7. The maximum Gasteiger partial charge on any atom is 0.490 e. The van der Waals surface area contributed by atoms with E-state index in [9.17, 15) is 27.6 Å². The third-order valence-corrected chi connectivity index (χ3v) is 8.47. The topological polar surface area (TPSA) is 147 Å². The van der Waals surface area contributed by atoms with E-state index in [2.05, 4.69) is 57.3 Å². The molecule has 5 aromatic rings. The normalized spacial score (nSPS) is 13.3. The minimum absolute atomic E-state index is 0.209. The number of aromatic nitrogens is 2. The van der Waals surface area contributed by atoms with Crippen LogP contribution in [-0.4, -0.2) is 88.4 Å². The van der Waals surface area contributed by atoms with Gasteiger partial charge in [-0.05, 0) is 52.2 Å². The van der Waals surface area contributed by atoms with Crippen molar-refractivity contribution >= 4 is 58.0 Å². The number of hydrogen-bond donors (Lipinski definition) is 4. The molecule has 0 radical (unpaired) electrons. The van der Waals surface area contributed by atoms with Crippen molar-refractivity contribution in [2.45, 2.75) is 6.18 Å². The highest BCUT2D eigenvalue weighted by atomic mass is 19.4. The summed E-state index contributed by atoms with van der Waals surface area (Å²) in [4.78, 5) is 50.0. The number of alkyl halides is 3. The molecule has 1 fully saturated rings. The van der Waals surface area contributed by atoms with E-state index in [1.54, 1.807) is 59.9 Å². The van der Waals surface area contributed by atoms with E-state index >= 15 is 0 Å². The van der Waals surface area contributed by atoms with E-state index < -0.39 is 12.1 Å². The summed E-state index contributed by atoms with van der Waals surface area (Å²) in [6, 6.07) is 25.2. The van der Waals surface area contributed by atoms with Gasteiger partial charge in [-0.15, -0.1) is 0 Å². The lowest BCUT2D eigenvalue weighted by Crippen LogP contribution is -2.41. The quantitative estimate of drug-likeness (QED) is 0.131. The first-order valence-electron chi connectivity index (χ1n) is 16.9. The van der Waals surface area contributed by atoms with E-state index in [-0.39, 0.29) is 17.7 Å². The van der Waals surface area contributed by atoms with Gasteiger partial charge < -0.3 is 34.9 Å². The number of rotatable bonds is 10. The van der Waals surface area contributed by atoms with Crippen LogP contribution in [-0.2, 0) is 23.6 Å². The number of carbonyl (C=O) groups excluding carboxylic acids is 3. The molecule has 15 heteroatoms. The number of carboxylic acids is 1. The Morgan fingerprint density at radius 3 is 1.89 bits per heavy atom. The maximum atomic E-state index is 13.1. The number of nitrogens with zero attached hydrogens (tertiary/aromatic N) is 3. The number of anilines is 2. The lowest BCUT2D eigenvalue weighted by Gasteiger charge is -2.26. The predicted molar refractivity (Wildman–Crippen MR) is 199 cm³/mol. The predicted octanol–water partition coefficient (Wildman–Crippen LogP) is 5.89. The molecular formula is C39H39F3N6O6. The Bertz CT molecular complexity index is 2150. The molecule has 54 heavy (non-hydrogen) atoms. The number of carboxylic acid groups (broad SMARTS) is 1. The highest BCUT2D eigenvalue weighted by Crippen LogP contribution is 2.20. The molecule has 12 nitrogen and oxygen atoms in total. The number of carbonyl (C=O) groups is 4. The summed E-state index contributed by atoms with van der Waals surface area (Å²) in [5, 5.41) is 18.2. The van der Waals surface area contributed by atoms with Gasteiger partial charge in [0.15, 0.2) is 0 Å². The van der Waals surface area contributed by atoms with Gasteiger partial charge in [-0.25, -0.2) is 4.79 Å². The first-order valence-corrected chi connectivity index (χ1v) is 16.9. The molecule has 3 amide bonds. The number of nitrogens with one attached hydrogen (secondary N) is 3. The molecule has 3 heterocycles. The third-order valence-electron chi connectivity index (χ3n) is 8.47. The van der Waals surface area contributed by atoms with Crippen molar-refractivity contribution in [2.24, 2.45) is 14.1 Å². The third kappa shape index (κ3) is 10.7. The summed E-state index contributed by atoms with van der Waals surface area (Å²) in [6.07, 6.45) is 2.37. The summed E-state index contributed by atoms with van der Waals surface area (Å²) in [7, 11) is 3.50. The molecule has 282 valence electrons. The average molecular weight is 745 g/mol. The van der Waals surface area contributed by atoms with Crippen LogP contribution in [0.25, 0.3) is 22.9 Å². The maximum absolute atomic E-state index is 13.1. The molecular weight excluding hydrogens is 705 g/mol. The second kappa shape index (κ2) is 17.6. The molecule has 0 saturated carbocycles. The lowest BCUT2D eigenvalue weighted by molar-refractivity contribution is -0.192. The van der Waals surface area contributed by atoms with E-state index in [0.29, 0.717) is 48.1 Å². The average Bonchev–Trinajstić information content (AvgIpc) is 3.71. The fourth-order valence-corrected chi connectivity index (χ4v) is 5.61. The number of amides is 3. The number of aryl methyl sites for hydroxylation is 2. The number of fused-ring (bicyclic) bond motifs is 1. The largest absolute Gasteiger partial charge is 0.490 e. The smallest absolute Gasteiger partial charge is 0.475 e. The van der Waals surface area contributed by atoms with Crippen molar-refractivity contribution in [2.75, 3.05) is 50.0 Å². The van der Waals surface area contributed by atoms with Crippen LogP contribution in [0.5, 0.6) is 0 Å². The van der Waals surface area contributed by atoms with Crippen LogP contribution in [0.1, 0.15) is 42.5 Å². The van der Waals surface area contributed by atoms with E-state index in [1.165, 1.54) is 10.8 Å². The highest BCUT2D eigenvalue weighted by molar-refractivity contribution is 6.07. The zero-order valence-corrected chi connectivity index (χ0v) is 29.5. The minimum atomic E-state index is -5.08. The Hall–Kier alpha value is -6.19. The summed E-state index contributed by atoms with van der Waals surface area (Å²) in [5.74, 6) is -3.60. The van der Waals surface area contributed by atoms with E-state index in [4.69, 9.17) is 14.6 Å². The molecule has 2 aromatic heterocycles. The van der Waals surface area contributed by atoms with E-state index in [0.717, 1.165) is 30.8 Å². The van der Waals surface area contributed by atoms with Gasteiger partial charge in [-0.2, -0.15) is 13.2 Å². The molecule has 3 aromatic carbocycles. The van der Waals surface area contributed by atoms with Gasteiger partial charge in [0.05, 0.1) is 24.6 Å². The second-order valence-electron chi connectivity index (χ2n) is 12.4. The Morgan fingerprint density at radius 1 is 0.741 bits per heavy atom. The van der Waals surface area contributed by atoms with Gasteiger partial charge in [0, 0.05) is 58.2 Å². The Morgan fingerprint density at radius 2 is 1.28 bits per heavy atom. The van der Waals surface area contributed by atoms with Crippen LogP contribution in [0.4, 0.5) is 24.5 Å². The number of ether oxygens (including phenoxy) is 1. The Balaban J connectivity index is 0.000000730. The van der Waals surface area contributed by atoms with Gasteiger partial charge in [0.2, 0.25) is 0 Å². The van der Waals surface area contributed by atoms with Gasteiger partial charge in [0.25, 0.3) is 17.7 Å². The minimum Gasteiger partial charge on any atom is -0.475 e. The summed E-state index contributed by atoms with van der Waals surface area (Å²) < 4.78 is 40.4. The molecule has 1 aliphatic rings. The fraction of sp³-hybridized carbons (Fsp3) is 0.231. The standard InChI is InChI=1S/C37H38N6O4.C2HF3O2/c1-41-25-32(22-33(41)36(45)38-15-16-43-17-19-47-20-18-43)40-37(46)34-23-31(24-42(34)2)39-35(44)29-13-9-26(10-14-29)7-8-27-11-12-28-5-3-4-6-30(28)21-27;3-2(4,5)1(6)7/h3-14,21-25H,15-20H2,1-2H3,(H,38,45)(H,39,44)(H,40,46);(H,6,7)/b8-7+;. The molecule has 0 spiro atoms. The summed E-state index contributed by atoms with van der Waals surface area (Å²) in [6.45, 7) is 4.43. The number of hydrogen-bond acceptors (Lipinski definition) is 6. The van der Waals surface area contributed by atoms with E-state index in [1.807, 2.05) is 30.3 Å². The monoisotopic (exact) mass is 744 g/mol. The Labute approximate surface area is 308 Å². The lowest BCUT2D eigenvalue weighted by atomic mass is 10.1. The molecule has 4 N–H and O–H groups in total. The fourth-order valence-electron chi connectivity index (χ4n) is 5.61. The first kappa shape index (κ1) is 39.0. The van der Waals surface area contributed by atoms with Crippen LogP contribution in [0.15, 0.2) is 91.3 Å². The summed E-state index contributed by atoms with van der Waals surface area (Å²) in [5.41, 5.74) is 4.37. The second-order valence-corrected chi connectivity index (χ2v) is 12.4. The van der Waals surface area contributed by atoms with Gasteiger partial charge in [-0.1, -0.05) is 60.7 Å². The van der Waals surface area contributed by atoms with Gasteiger partial charge >= 0.3 is 12.1 Å². The van der Waals surface area contributed by atoms with Crippen LogP contribution in [0.2, 0.25) is 0 Å². The highest BCUT2D eigenvalue weighted by Gasteiger charge is 2.38. The number of aliphatic carboxylic acids is 1. The molecule has 0 atom stereocenters. The van der Waals surface area contributed by atoms with Crippen molar-refractivity contribution in [1.82, 2.24) is 19.4 Å². The SMILES string of the molecule is Cn1cc(NC(=O)c2cc(NC(=O)c3ccc(/C=C/c4ccc5ccccc5c4)cc3)cn2C)cc1C(=O)NCCN1CCOCC1.O=C(O)C(F)(F)F. The van der Waals surface area contributed by atoms with Crippen LogP contribution >= 0.6 is 0 Å². The summed E-state index contributed by atoms with van der Waals surface area (Å²) >= 11 is 0. The van der Waals surface area contributed by atoms with Gasteiger partial charge in [0.1, 0.15) is 11.4 Å². The van der Waals surface area contributed by atoms with Crippen LogP contribution in [0.3, 0.4) is 0 Å². The van der Waals surface area contributed by atoms with Crippen molar-refractivity contribution in [3.63, 3.8) is 0 Å². The zero-order chi connectivity index (χ0) is 38.8. The number of halogens is 3. The number of benzene rings is 3. The molecule has 1 aliphatic heterocycles. The molecule has 0 aliphatic carbocycles. The molecule has 1 saturated heterocycles. The van der Waals surface area contributed by atoms with Crippen LogP contribution in [0, 0.1) is 0 Å². The number of morpholine rings is 1. The molecule has 0 unspecified atom stereocenters. The van der Waals surface area contributed by atoms with Crippen LogP contribution < -0.4 is 16.0 Å². The van der Waals surface area contributed by atoms with Gasteiger partial charge in [-0.3, -0.25) is 19.3 Å². The van der Waals surface area contributed by atoms with Crippen molar-refractivity contribution in [3.05, 3.63) is 119 Å². The first-order chi connectivity index (χ1) is 25.8. The molecule has 0 bridgehead atoms.